The molecule has 0 radical (unpaired) electrons. The monoisotopic (exact) mass is 245 g/mol. The molecule has 2 heterocycles. The fourth-order valence-corrected chi connectivity index (χ4v) is 2.11. The molecular weight excluding hydrogens is 230 g/mol. The highest BCUT2D eigenvalue weighted by Crippen LogP contribution is 2.29. The van der Waals surface area contributed by atoms with Gasteiger partial charge in [-0.15, -0.1) is 0 Å². The first-order valence-corrected chi connectivity index (χ1v) is 5.88. The van der Waals surface area contributed by atoms with Crippen LogP contribution in [-0.2, 0) is 0 Å². The molecule has 3 rings (SSSR count). The van der Waals surface area contributed by atoms with Gasteiger partial charge < -0.3 is 15.0 Å². The average molecular weight is 245 g/mol. The fraction of sp³-hybridized carbons (Fsp3) is 0.308. The number of aromatic nitrogens is 1. The smallest absolute Gasteiger partial charge is 0.229 e. The van der Waals surface area contributed by atoms with Crippen LogP contribution in [0.15, 0.2) is 35.0 Å². The van der Waals surface area contributed by atoms with Gasteiger partial charge in [-0.2, -0.15) is 0 Å². The zero-order valence-electron chi connectivity index (χ0n) is 10.2. The standard InChI is InChI=1S/C13H15N3O2/c1-16-7-11(8-16)17-10-4-2-3-9(5-10)12-6-15-18-13(12)14/h2-6,11H,7-8,14H2,1H3. The number of likely N-dealkylation sites (tertiary alicyclic amines) is 1. The zero-order chi connectivity index (χ0) is 12.5. The SMILES string of the molecule is CN1CC(Oc2cccc(-c3cnoc3N)c2)C1. The molecule has 18 heavy (non-hydrogen) atoms. The molecule has 5 heteroatoms. The van der Waals surface area contributed by atoms with Crippen molar-refractivity contribution in [2.24, 2.45) is 0 Å². The van der Waals surface area contributed by atoms with Gasteiger partial charge in [0.1, 0.15) is 11.9 Å². The highest BCUT2D eigenvalue weighted by molar-refractivity contribution is 5.72. The van der Waals surface area contributed by atoms with Gasteiger partial charge in [-0.1, -0.05) is 17.3 Å². The van der Waals surface area contributed by atoms with Crippen LogP contribution in [0.25, 0.3) is 11.1 Å². The lowest BCUT2D eigenvalue weighted by atomic mass is 10.1. The van der Waals surface area contributed by atoms with Crippen molar-refractivity contribution in [2.45, 2.75) is 6.10 Å². The van der Waals surface area contributed by atoms with Crippen molar-refractivity contribution in [3.63, 3.8) is 0 Å². The van der Waals surface area contributed by atoms with E-state index in [2.05, 4.69) is 17.1 Å². The highest BCUT2D eigenvalue weighted by atomic mass is 16.5. The third-order valence-corrected chi connectivity index (χ3v) is 3.08. The second-order valence-corrected chi connectivity index (χ2v) is 4.59. The number of benzene rings is 1. The lowest BCUT2D eigenvalue weighted by Gasteiger charge is -2.36. The van der Waals surface area contributed by atoms with E-state index in [4.69, 9.17) is 15.0 Å². The van der Waals surface area contributed by atoms with Gasteiger partial charge in [-0.3, -0.25) is 4.90 Å². The summed E-state index contributed by atoms with van der Waals surface area (Å²) in [6.07, 6.45) is 1.90. The van der Waals surface area contributed by atoms with Crippen molar-refractivity contribution in [3.05, 3.63) is 30.5 Å². The Bertz CT molecular complexity index is 547. The van der Waals surface area contributed by atoms with Crippen LogP contribution in [0.5, 0.6) is 5.75 Å². The topological polar surface area (TPSA) is 64.5 Å². The van der Waals surface area contributed by atoms with E-state index in [1.54, 1.807) is 6.20 Å². The third-order valence-electron chi connectivity index (χ3n) is 3.08. The molecule has 94 valence electrons. The summed E-state index contributed by atoms with van der Waals surface area (Å²) in [4.78, 5) is 2.21. The largest absolute Gasteiger partial charge is 0.488 e. The second-order valence-electron chi connectivity index (χ2n) is 4.59. The van der Waals surface area contributed by atoms with Crippen molar-refractivity contribution in [1.82, 2.24) is 10.1 Å². The number of hydrogen-bond acceptors (Lipinski definition) is 5. The van der Waals surface area contributed by atoms with Crippen LogP contribution in [0.4, 0.5) is 5.88 Å². The van der Waals surface area contributed by atoms with Crippen molar-refractivity contribution < 1.29 is 9.26 Å². The van der Waals surface area contributed by atoms with E-state index in [1.165, 1.54) is 0 Å². The molecule has 1 aliphatic rings. The van der Waals surface area contributed by atoms with Gasteiger partial charge in [0.25, 0.3) is 0 Å². The number of nitrogen functional groups attached to an aromatic ring is 1. The summed E-state index contributed by atoms with van der Waals surface area (Å²) in [5.74, 6) is 1.18. The Balaban J connectivity index is 1.79. The Labute approximate surface area is 105 Å². The summed E-state index contributed by atoms with van der Waals surface area (Å²) < 4.78 is 10.7. The Hall–Kier alpha value is -2.01. The molecule has 1 fully saturated rings. The van der Waals surface area contributed by atoms with Gasteiger partial charge in [-0.25, -0.2) is 0 Å². The van der Waals surface area contributed by atoms with Gasteiger partial charge in [-0.05, 0) is 24.7 Å². The molecule has 0 spiro atoms. The summed E-state index contributed by atoms with van der Waals surface area (Å²) in [6, 6.07) is 7.81. The van der Waals surface area contributed by atoms with Gasteiger partial charge >= 0.3 is 0 Å². The van der Waals surface area contributed by atoms with Crippen LogP contribution >= 0.6 is 0 Å². The highest BCUT2D eigenvalue weighted by Gasteiger charge is 2.24. The maximum atomic E-state index is 5.87. The van der Waals surface area contributed by atoms with Crippen LogP contribution < -0.4 is 10.5 Å². The number of rotatable bonds is 3. The van der Waals surface area contributed by atoms with Crippen molar-refractivity contribution in [3.8, 4) is 16.9 Å². The van der Waals surface area contributed by atoms with Gasteiger partial charge in [0, 0.05) is 13.1 Å². The molecule has 0 amide bonds. The minimum Gasteiger partial charge on any atom is -0.488 e. The van der Waals surface area contributed by atoms with E-state index in [9.17, 15) is 0 Å². The first kappa shape index (κ1) is 11.1. The van der Waals surface area contributed by atoms with E-state index < -0.39 is 0 Å². The van der Waals surface area contributed by atoms with E-state index >= 15 is 0 Å². The van der Waals surface area contributed by atoms with Crippen molar-refractivity contribution >= 4 is 5.88 Å². The third kappa shape index (κ3) is 2.04. The minimum atomic E-state index is 0.282. The van der Waals surface area contributed by atoms with E-state index in [0.29, 0.717) is 5.88 Å². The van der Waals surface area contributed by atoms with Crippen LogP contribution in [0.1, 0.15) is 0 Å². The molecule has 0 unspecified atom stereocenters. The number of ether oxygens (including phenoxy) is 1. The minimum absolute atomic E-state index is 0.282. The molecule has 1 aliphatic heterocycles. The molecule has 1 aromatic carbocycles. The number of nitrogens with zero attached hydrogens (tertiary/aromatic N) is 2. The predicted molar refractivity (Wildman–Crippen MR) is 68.3 cm³/mol. The molecule has 0 saturated carbocycles. The molecule has 0 atom stereocenters. The summed E-state index contributed by atoms with van der Waals surface area (Å²) in [6.45, 7) is 1.94. The van der Waals surface area contributed by atoms with E-state index in [1.807, 2.05) is 24.3 Å². The number of likely N-dealkylation sites (N-methyl/N-ethyl adjacent to an activating group) is 1. The Kier molecular flexibility index (Phi) is 2.68. The number of nitrogens with two attached hydrogens (primary N) is 1. The molecular formula is C13H15N3O2. The maximum absolute atomic E-state index is 5.87. The Morgan fingerprint density at radius 2 is 2.28 bits per heavy atom. The van der Waals surface area contributed by atoms with Crippen LogP contribution in [0, 0.1) is 0 Å². The maximum Gasteiger partial charge on any atom is 0.229 e. The van der Waals surface area contributed by atoms with Crippen LogP contribution in [0.3, 0.4) is 0 Å². The molecule has 5 nitrogen and oxygen atoms in total. The van der Waals surface area contributed by atoms with Crippen molar-refractivity contribution in [1.29, 1.82) is 0 Å². The Morgan fingerprint density at radius 3 is 2.94 bits per heavy atom. The molecule has 1 aromatic heterocycles. The van der Waals surface area contributed by atoms with E-state index in [-0.39, 0.29) is 6.10 Å². The molecule has 2 N–H and O–H groups in total. The number of anilines is 1. The fourth-order valence-electron chi connectivity index (χ4n) is 2.11. The lowest BCUT2D eigenvalue weighted by molar-refractivity contribution is 0.0389. The lowest BCUT2D eigenvalue weighted by Crippen LogP contribution is -2.51. The molecule has 2 aromatic rings. The molecule has 0 bridgehead atoms. The quantitative estimate of drug-likeness (QED) is 0.890. The van der Waals surface area contributed by atoms with E-state index in [0.717, 1.165) is 30.0 Å². The summed E-state index contributed by atoms with van der Waals surface area (Å²) in [7, 11) is 2.08. The second kappa shape index (κ2) is 4.34. The predicted octanol–water partition coefficient (Wildman–Crippen LogP) is 1.62. The summed E-state index contributed by atoms with van der Waals surface area (Å²) >= 11 is 0. The van der Waals surface area contributed by atoms with Gasteiger partial charge in [0.05, 0.1) is 11.8 Å². The normalized spacial score (nSPS) is 16.5. The van der Waals surface area contributed by atoms with Crippen LogP contribution in [-0.4, -0.2) is 36.3 Å². The van der Waals surface area contributed by atoms with Crippen molar-refractivity contribution in [2.75, 3.05) is 25.9 Å². The summed E-state index contributed by atoms with van der Waals surface area (Å²) in [5, 5.41) is 3.68. The summed E-state index contributed by atoms with van der Waals surface area (Å²) in [5.41, 5.74) is 7.46. The first-order valence-electron chi connectivity index (χ1n) is 5.88. The number of hydrogen-bond donors (Lipinski definition) is 1. The van der Waals surface area contributed by atoms with Gasteiger partial charge in [0.2, 0.25) is 5.88 Å². The first-order chi connectivity index (χ1) is 8.72. The zero-order valence-corrected chi connectivity index (χ0v) is 10.2. The van der Waals surface area contributed by atoms with Gasteiger partial charge in [0.15, 0.2) is 0 Å². The molecule has 1 saturated heterocycles. The van der Waals surface area contributed by atoms with Crippen LogP contribution in [0.2, 0.25) is 0 Å². The Morgan fingerprint density at radius 1 is 1.44 bits per heavy atom. The molecule has 0 aliphatic carbocycles. The average Bonchev–Trinajstić information content (AvgIpc) is 2.74.